The molecule has 0 N–H and O–H groups in total. The number of halogens is 4. The van der Waals surface area contributed by atoms with Gasteiger partial charge in [0, 0.05) is 11.4 Å². The van der Waals surface area contributed by atoms with E-state index in [2.05, 4.69) is 6.07 Å². The predicted octanol–water partition coefficient (Wildman–Crippen LogP) is 4.78. The molecule has 0 unspecified atom stereocenters. The molecule has 5 heteroatoms. The van der Waals surface area contributed by atoms with Gasteiger partial charge in [0.15, 0.2) is 0 Å². The van der Waals surface area contributed by atoms with Crippen LogP contribution in [0.5, 0.6) is 5.75 Å². The highest BCUT2D eigenvalue weighted by atomic mass is 35.5. The van der Waals surface area contributed by atoms with Gasteiger partial charge in [-0.25, -0.2) is 0 Å². The molecule has 0 amide bonds. The van der Waals surface area contributed by atoms with E-state index in [1.54, 1.807) is 6.07 Å². The molecular formula is C15H11ClF3O. The van der Waals surface area contributed by atoms with E-state index in [-0.39, 0.29) is 12.4 Å². The number of hydrogen-bond acceptors (Lipinski definition) is 1. The van der Waals surface area contributed by atoms with E-state index in [9.17, 15) is 13.2 Å². The van der Waals surface area contributed by atoms with E-state index >= 15 is 0 Å². The molecule has 0 aliphatic rings. The molecule has 105 valence electrons. The number of alkyl halides is 3. The maximum absolute atomic E-state index is 12.5. The minimum atomic E-state index is -4.39. The third-order valence-electron chi connectivity index (χ3n) is 2.69. The molecule has 0 saturated heterocycles. The van der Waals surface area contributed by atoms with Gasteiger partial charge in [0.25, 0.3) is 0 Å². The Morgan fingerprint density at radius 3 is 2.60 bits per heavy atom. The zero-order valence-corrected chi connectivity index (χ0v) is 11.1. The number of benzene rings is 2. The number of ether oxygens (including phenoxy) is 1. The van der Waals surface area contributed by atoms with Crippen molar-refractivity contribution in [2.45, 2.75) is 12.6 Å². The fourth-order valence-electron chi connectivity index (χ4n) is 1.68. The molecule has 20 heavy (non-hydrogen) atoms. The summed E-state index contributed by atoms with van der Waals surface area (Å²) < 4.78 is 42.9. The molecule has 2 aromatic rings. The van der Waals surface area contributed by atoms with Crippen molar-refractivity contribution in [3.8, 4) is 5.75 Å². The first-order valence-corrected chi connectivity index (χ1v) is 6.29. The van der Waals surface area contributed by atoms with Gasteiger partial charge >= 0.3 is 6.18 Å². The Morgan fingerprint density at radius 2 is 1.90 bits per heavy atom. The van der Waals surface area contributed by atoms with Gasteiger partial charge in [-0.3, -0.25) is 0 Å². The van der Waals surface area contributed by atoms with Gasteiger partial charge in [-0.2, -0.15) is 13.2 Å². The monoisotopic (exact) mass is 299 g/mol. The second-order valence-corrected chi connectivity index (χ2v) is 4.55. The molecule has 1 radical (unpaired) electrons. The Bertz CT molecular complexity index is 581. The zero-order chi connectivity index (χ0) is 14.6. The lowest BCUT2D eigenvalue weighted by molar-refractivity contribution is -0.137. The van der Waals surface area contributed by atoms with Crippen molar-refractivity contribution in [3.05, 3.63) is 64.7 Å². The lowest BCUT2D eigenvalue weighted by Gasteiger charge is -2.10. The highest BCUT2D eigenvalue weighted by Crippen LogP contribution is 2.31. The Balaban J connectivity index is 1.97. The van der Waals surface area contributed by atoms with Gasteiger partial charge < -0.3 is 4.74 Å². The maximum Gasteiger partial charge on any atom is 0.416 e. The van der Waals surface area contributed by atoms with E-state index in [1.807, 2.05) is 18.2 Å². The summed E-state index contributed by atoms with van der Waals surface area (Å²) in [5, 5.41) is 0.617. The highest BCUT2D eigenvalue weighted by Gasteiger charge is 2.30. The van der Waals surface area contributed by atoms with E-state index < -0.39 is 11.7 Å². The standard InChI is InChI=1S/C15H11ClF3O/c16-14-7-2-1-4-11(14)8-9-20-13-6-3-5-12(10-13)15(17,18)19/h1-2,4-7,10H,8-9H2. The zero-order valence-electron chi connectivity index (χ0n) is 10.4. The highest BCUT2D eigenvalue weighted by molar-refractivity contribution is 6.31. The van der Waals surface area contributed by atoms with Crippen LogP contribution in [-0.2, 0) is 12.6 Å². The SMILES string of the molecule is FC(F)(F)c1c[c]cc(OCCc2ccccc2Cl)c1. The summed E-state index contributed by atoms with van der Waals surface area (Å²) in [5.41, 5.74) is 0.123. The van der Waals surface area contributed by atoms with Gasteiger partial charge in [-0.1, -0.05) is 29.8 Å². The van der Waals surface area contributed by atoms with Crippen LogP contribution >= 0.6 is 11.6 Å². The number of rotatable bonds is 4. The van der Waals surface area contributed by atoms with E-state index in [0.29, 0.717) is 11.4 Å². The first-order valence-electron chi connectivity index (χ1n) is 5.91. The van der Waals surface area contributed by atoms with Crippen LogP contribution in [0, 0.1) is 6.07 Å². The molecule has 2 aromatic carbocycles. The minimum Gasteiger partial charge on any atom is -0.493 e. The summed E-state index contributed by atoms with van der Waals surface area (Å²) in [4.78, 5) is 0. The van der Waals surface area contributed by atoms with Crippen molar-refractivity contribution in [2.24, 2.45) is 0 Å². The van der Waals surface area contributed by atoms with Gasteiger partial charge in [-0.15, -0.1) is 0 Å². The summed E-state index contributed by atoms with van der Waals surface area (Å²) in [5.74, 6) is 0.145. The van der Waals surface area contributed by atoms with E-state index in [4.69, 9.17) is 16.3 Å². The largest absolute Gasteiger partial charge is 0.493 e. The van der Waals surface area contributed by atoms with Crippen LogP contribution in [0.25, 0.3) is 0 Å². The first kappa shape index (κ1) is 14.7. The van der Waals surface area contributed by atoms with Crippen molar-refractivity contribution in [1.82, 2.24) is 0 Å². The molecule has 0 aliphatic heterocycles. The van der Waals surface area contributed by atoms with Gasteiger partial charge in [0.05, 0.1) is 12.2 Å². The quantitative estimate of drug-likeness (QED) is 0.789. The first-order chi connectivity index (χ1) is 9.47. The molecule has 0 saturated carbocycles. The van der Waals surface area contributed by atoms with Crippen LogP contribution in [-0.4, -0.2) is 6.61 Å². The van der Waals surface area contributed by atoms with Gasteiger partial charge in [0.1, 0.15) is 5.75 Å². The summed E-state index contributed by atoms with van der Waals surface area (Å²) in [6.07, 6.45) is -3.87. The van der Waals surface area contributed by atoms with Crippen molar-refractivity contribution in [2.75, 3.05) is 6.61 Å². The van der Waals surface area contributed by atoms with Crippen LogP contribution in [0.4, 0.5) is 13.2 Å². The van der Waals surface area contributed by atoms with Crippen molar-refractivity contribution >= 4 is 11.6 Å². The molecule has 0 atom stereocenters. The van der Waals surface area contributed by atoms with Crippen molar-refractivity contribution in [3.63, 3.8) is 0 Å². The van der Waals surface area contributed by atoms with E-state index in [0.717, 1.165) is 17.7 Å². The van der Waals surface area contributed by atoms with E-state index in [1.165, 1.54) is 6.07 Å². The molecular weight excluding hydrogens is 289 g/mol. The normalized spacial score (nSPS) is 11.4. The summed E-state index contributed by atoms with van der Waals surface area (Å²) >= 11 is 5.98. The maximum atomic E-state index is 12.5. The Hall–Kier alpha value is -1.68. The summed E-state index contributed by atoms with van der Waals surface area (Å²) in [6.45, 7) is 0.249. The molecule has 2 rings (SSSR count). The minimum absolute atomic E-state index is 0.145. The van der Waals surface area contributed by atoms with Crippen LogP contribution in [0.1, 0.15) is 11.1 Å². The lowest BCUT2D eigenvalue weighted by atomic mass is 10.1. The fourth-order valence-corrected chi connectivity index (χ4v) is 1.91. The average Bonchev–Trinajstić information content (AvgIpc) is 2.40. The summed E-state index contributed by atoms with van der Waals surface area (Å²) in [7, 11) is 0. The molecule has 0 spiro atoms. The summed E-state index contributed by atoms with van der Waals surface area (Å²) in [6, 6.07) is 12.9. The Kier molecular flexibility index (Phi) is 4.55. The average molecular weight is 300 g/mol. The molecule has 0 heterocycles. The topological polar surface area (TPSA) is 9.23 Å². The van der Waals surface area contributed by atoms with Crippen LogP contribution in [0.3, 0.4) is 0 Å². The van der Waals surface area contributed by atoms with Crippen molar-refractivity contribution in [1.29, 1.82) is 0 Å². The lowest BCUT2D eigenvalue weighted by Crippen LogP contribution is -2.06. The Labute approximate surface area is 119 Å². The van der Waals surface area contributed by atoms with Crippen LogP contribution in [0.15, 0.2) is 42.5 Å². The smallest absolute Gasteiger partial charge is 0.416 e. The molecule has 0 aliphatic carbocycles. The second-order valence-electron chi connectivity index (χ2n) is 4.15. The van der Waals surface area contributed by atoms with Gasteiger partial charge in [0.2, 0.25) is 0 Å². The molecule has 0 fully saturated rings. The predicted molar refractivity (Wildman–Crippen MR) is 70.9 cm³/mol. The van der Waals surface area contributed by atoms with Gasteiger partial charge in [-0.05, 0) is 35.9 Å². The van der Waals surface area contributed by atoms with Crippen LogP contribution < -0.4 is 4.74 Å². The third-order valence-corrected chi connectivity index (χ3v) is 3.06. The second kappa shape index (κ2) is 6.18. The van der Waals surface area contributed by atoms with Crippen LogP contribution in [0.2, 0.25) is 5.02 Å². The number of hydrogen-bond donors (Lipinski definition) is 0. The Morgan fingerprint density at radius 1 is 1.15 bits per heavy atom. The fraction of sp³-hybridized carbons (Fsp3) is 0.200. The van der Waals surface area contributed by atoms with Crippen molar-refractivity contribution < 1.29 is 17.9 Å². The molecule has 0 aromatic heterocycles. The third kappa shape index (κ3) is 3.90. The molecule has 1 nitrogen and oxygen atoms in total. The molecule has 0 bridgehead atoms.